The third-order valence-electron chi connectivity index (χ3n) is 3.52. The minimum absolute atomic E-state index is 0.0283. The Morgan fingerprint density at radius 3 is 3.00 bits per heavy atom. The van der Waals surface area contributed by atoms with Gasteiger partial charge < -0.3 is 10.1 Å². The molecular weight excluding hydrogens is 204 g/mol. The lowest BCUT2D eigenvalue weighted by Crippen LogP contribution is -2.27. The molecule has 84 valence electrons. The van der Waals surface area contributed by atoms with Crippen molar-refractivity contribution in [2.75, 3.05) is 7.11 Å². The van der Waals surface area contributed by atoms with Crippen molar-refractivity contribution in [3.8, 4) is 5.88 Å². The number of amides is 1. The molecule has 1 atom stereocenters. The van der Waals surface area contributed by atoms with Crippen LogP contribution >= 0.6 is 0 Å². The fourth-order valence-corrected chi connectivity index (χ4v) is 2.39. The SMILES string of the molecule is COc1cc(C2CC3(CC3)NC2=O)ccn1. The molecule has 1 saturated carbocycles. The van der Waals surface area contributed by atoms with E-state index < -0.39 is 0 Å². The van der Waals surface area contributed by atoms with Crippen molar-refractivity contribution in [1.82, 2.24) is 10.3 Å². The van der Waals surface area contributed by atoms with Gasteiger partial charge in [-0.05, 0) is 30.9 Å². The smallest absolute Gasteiger partial charge is 0.228 e. The number of carbonyl (C=O) groups is 1. The van der Waals surface area contributed by atoms with Gasteiger partial charge in [-0.1, -0.05) is 0 Å². The number of ether oxygens (including phenoxy) is 1. The van der Waals surface area contributed by atoms with Gasteiger partial charge in [0.2, 0.25) is 11.8 Å². The van der Waals surface area contributed by atoms with Crippen LogP contribution < -0.4 is 10.1 Å². The van der Waals surface area contributed by atoms with Crippen molar-refractivity contribution in [1.29, 1.82) is 0 Å². The lowest BCUT2D eigenvalue weighted by Gasteiger charge is -2.08. The predicted octanol–water partition coefficient (Wildman–Crippen LogP) is 1.23. The number of hydrogen-bond acceptors (Lipinski definition) is 3. The van der Waals surface area contributed by atoms with Gasteiger partial charge in [-0.15, -0.1) is 0 Å². The standard InChI is InChI=1S/C12H14N2O2/c1-16-10-6-8(2-5-13-10)9-7-12(3-4-12)14-11(9)15/h2,5-6,9H,3-4,7H2,1H3,(H,14,15). The molecule has 2 heterocycles. The Morgan fingerprint density at radius 2 is 2.38 bits per heavy atom. The Bertz CT molecular complexity index is 440. The van der Waals surface area contributed by atoms with Gasteiger partial charge in [0.05, 0.1) is 13.0 Å². The van der Waals surface area contributed by atoms with Crippen LogP contribution in [-0.2, 0) is 4.79 Å². The maximum absolute atomic E-state index is 11.9. The minimum Gasteiger partial charge on any atom is -0.481 e. The number of nitrogens with one attached hydrogen (secondary N) is 1. The Hall–Kier alpha value is -1.58. The van der Waals surface area contributed by atoms with Crippen molar-refractivity contribution in [2.45, 2.75) is 30.7 Å². The highest BCUT2D eigenvalue weighted by molar-refractivity contribution is 5.87. The highest BCUT2D eigenvalue weighted by Gasteiger charge is 2.52. The number of aromatic nitrogens is 1. The number of hydrogen-bond donors (Lipinski definition) is 1. The summed E-state index contributed by atoms with van der Waals surface area (Å²) in [6.45, 7) is 0. The molecule has 1 aromatic heterocycles. The minimum atomic E-state index is -0.0283. The van der Waals surface area contributed by atoms with Gasteiger partial charge in [-0.3, -0.25) is 4.79 Å². The van der Waals surface area contributed by atoms with Crippen molar-refractivity contribution >= 4 is 5.91 Å². The van der Waals surface area contributed by atoms with Crippen LogP contribution in [0, 0.1) is 0 Å². The normalized spacial score (nSPS) is 25.6. The van der Waals surface area contributed by atoms with E-state index in [-0.39, 0.29) is 17.4 Å². The third kappa shape index (κ3) is 1.45. The molecule has 0 bridgehead atoms. The summed E-state index contributed by atoms with van der Waals surface area (Å²) in [5.74, 6) is 0.687. The summed E-state index contributed by atoms with van der Waals surface area (Å²) in [5.41, 5.74) is 1.13. The molecule has 2 fully saturated rings. The largest absolute Gasteiger partial charge is 0.481 e. The van der Waals surface area contributed by atoms with Crippen LogP contribution in [0.3, 0.4) is 0 Å². The molecule has 1 saturated heterocycles. The number of nitrogens with zero attached hydrogens (tertiary/aromatic N) is 1. The Labute approximate surface area is 94.0 Å². The summed E-state index contributed by atoms with van der Waals surface area (Å²) in [5, 5.41) is 3.09. The summed E-state index contributed by atoms with van der Waals surface area (Å²) < 4.78 is 5.07. The molecule has 1 aliphatic carbocycles. The number of pyridine rings is 1. The second-order valence-electron chi connectivity index (χ2n) is 4.66. The van der Waals surface area contributed by atoms with E-state index in [4.69, 9.17) is 4.74 Å². The molecule has 1 aromatic rings. The van der Waals surface area contributed by atoms with Crippen LogP contribution in [0.15, 0.2) is 18.3 Å². The molecular formula is C12H14N2O2. The molecule has 2 aliphatic rings. The first-order valence-corrected chi connectivity index (χ1v) is 5.54. The van der Waals surface area contributed by atoms with E-state index in [0.29, 0.717) is 5.88 Å². The lowest BCUT2D eigenvalue weighted by molar-refractivity contribution is -0.120. The molecule has 4 heteroatoms. The van der Waals surface area contributed by atoms with Gasteiger partial charge in [-0.2, -0.15) is 0 Å². The van der Waals surface area contributed by atoms with Crippen LogP contribution in [-0.4, -0.2) is 23.5 Å². The molecule has 0 radical (unpaired) electrons. The average molecular weight is 218 g/mol. The van der Waals surface area contributed by atoms with Crippen LogP contribution in [0.25, 0.3) is 0 Å². The highest BCUT2D eigenvalue weighted by Crippen LogP contribution is 2.48. The number of rotatable bonds is 2. The van der Waals surface area contributed by atoms with Crippen LogP contribution in [0.2, 0.25) is 0 Å². The van der Waals surface area contributed by atoms with Crippen molar-refractivity contribution in [3.05, 3.63) is 23.9 Å². The fourth-order valence-electron chi connectivity index (χ4n) is 2.39. The average Bonchev–Trinajstić information content (AvgIpc) is 2.96. The predicted molar refractivity (Wildman–Crippen MR) is 58.3 cm³/mol. The highest BCUT2D eigenvalue weighted by atomic mass is 16.5. The first-order valence-electron chi connectivity index (χ1n) is 5.54. The van der Waals surface area contributed by atoms with Crippen LogP contribution in [0.4, 0.5) is 0 Å². The van der Waals surface area contributed by atoms with E-state index in [9.17, 15) is 4.79 Å². The zero-order valence-electron chi connectivity index (χ0n) is 9.19. The molecule has 16 heavy (non-hydrogen) atoms. The summed E-state index contributed by atoms with van der Waals surface area (Å²) in [4.78, 5) is 15.9. The van der Waals surface area contributed by atoms with E-state index in [2.05, 4.69) is 10.3 Å². The summed E-state index contributed by atoms with van der Waals surface area (Å²) >= 11 is 0. The molecule has 1 aliphatic heterocycles. The van der Waals surface area contributed by atoms with Gasteiger partial charge in [0.15, 0.2) is 0 Å². The lowest BCUT2D eigenvalue weighted by atomic mass is 9.96. The Morgan fingerprint density at radius 1 is 1.56 bits per heavy atom. The summed E-state index contributed by atoms with van der Waals surface area (Å²) in [6, 6.07) is 3.75. The molecule has 1 amide bonds. The van der Waals surface area contributed by atoms with E-state index >= 15 is 0 Å². The molecule has 1 spiro atoms. The van der Waals surface area contributed by atoms with Gasteiger partial charge in [-0.25, -0.2) is 4.98 Å². The molecule has 4 nitrogen and oxygen atoms in total. The topological polar surface area (TPSA) is 51.2 Å². The van der Waals surface area contributed by atoms with Crippen molar-refractivity contribution < 1.29 is 9.53 Å². The van der Waals surface area contributed by atoms with Gasteiger partial charge in [0.25, 0.3) is 0 Å². The second kappa shape index (κ2) is 3.20. The molecule has 1 unspecified atom stereocenters. The monoisotopic (exact) mass is 218 g/mol. The summed E-state index contributed by atoms with van der Waals surface area (Å²) in [7, 11) is 1.59. The van der Waals surface area contributed by atoms with Crippen LogP contribution in [0.1, 0.15) is 30.7 Å². The Kier molecular flexibility index (Phi) is 1.93. The van der Waals surface area contributed by atoms with E-state index in [1.54, 1.807) is 13.3 Å². The van der Waals surface area contributed by atoms with E-state index in [1.807, 2.05) is 12.1 Å². The zero-order chi connectivity index (χ0) is 11.2. The second-order valence-corrected chi connectivity index (χ2v) is 4.66. The maximum Gasteiger partial charge on any atom is 0.228 e. The first kappa shape index (κ1) is 9.63. The maximum atomic E-state index is 11.9. The molecule has 1 N–H and O–H groups in total. The van der Waals surface area contributed by atoms with Gasteiger partial charge in [0, 0.05) is 17.8 Å². The third-order valence-corrected chi connectivity index (χ3v) is 3.52. The number of carbonyl (C=O) groups excluding carboxylic acids is 1. The Balaban J connectivity index is 1.88. The zero-order valence-corrected chi connectivity index (χ0v) is 9.19. The van der Waals surface area contributed by atoms with Crippen LogP contribution in [0.5, 0.6) is 5.88 Å². The summed E-state index contributed by atoms with van der Waals surface area (Å²) in [6.07, 6.45) is 4.85. The first-order chi connectivity index (χ1) is 7.72. The molecule has 0 aromatic carbocycles. The molecule has 3 rings (SSSR count). The van der Waals surface area contributed by atoms with Crippen molar-refractivity contribution in [2.24, 2.45) is 0 Å². The fraction of sp³-hybridized carbons (Fsp3) is 0.500. The van der Waals surface area contributed by atoms with Crippen molar-refractivity contribution in [3.63, 3.8) is 0 Å². The number of methoxy groups -OCH3 is 1. The van der Waals surface area contributed by atoms with E-state index in [1.165, 1.54) is 0 Å². The van der Waals surface area contributed by atoms with Gasteiger partial charge >= 0.3 is 0 Å². The quantitative estimate of drug-likeness (QED) is 0.812. The van der Waals surface area contributed by atoms with Gasteiger partial charge in [0.1, 0.15) is 0 Å². The van der Waals surface area contributed by atoms with E-state index in [0.717, 1.165) is 24.8 Å².